The molecule has 1 aliphatic rings. The van der Waals surface area contributed by atoms with Crippen LogP contribution in [0, 0.1) is 0 Å². The van der Waals surface area contributed by atoms with Gasteiger partial charge in [0.15, 0.2) is 23.0 Å². The number of benzene rings is 2. The van der Waals surface area contributed by atoms with Crippen LogP contribution in [0.5, 0.6) is 28.7 Å². The SMILES string of the molecule is CCCCN(O)C=CCc1cc(C2COC(c3cc(OC)c(OC)c(OC)c3)C2)cc(OC)c1OCCC. The molecule has 1 fully saturated rings. The van der Waals surface area contributed by atoms with Crippen LogP contribution in [0.2, 0.25) is 0 Å². The van der Waals surface area contributed by atoms with Crippen LogP contribution in [-0.2, 0) is 11.2 Å². The highest BCUT2D eigenvalue weighted by Gasteiger charge is 2.31. The molecule has 0 radical (unpaired) electrons. The first-order valence-electron chi connectivity index (χ1n) is 13.4. The summed E-state index contributed by atoms with van der Waals surface area (Å²) in [4.78, 5) is 0. The van der Waals surface area contributed by atoms with Gasteiger partial charge in [0, 0.05) is 24.2 Å². The summed E-state index contributed by atoms with van der Waals surface area (Å²) in [6.07, 6.45) is 7.83. The summed E-state index contributed by atoms with van der Waals surface area (Å²) in [5.41, 5.74) is 3.13. The largest absolute Gasteiger partial charge is 0.493 e. The second-order valence-corrected chi connectivity index (χ2v) is 9.38. The lowest BCUT2D eigenvalue weighted by Crippen LogP contribution is -2.12. The number of unbranched alkanes of at least 4 members (excludes halogenated alkanes) is 1. The maximum absolute atomic E-state index is 10.1. The Balaban J connectivity index is 1.86. The van der Waals surface area contributed by atoms with Crippen molar-refractivity contribution in [2.45, 2.75) is 58.0 Å². The second kappa shape index (κ2) is 14.7. The van der Waals surface area contributed by atoms with Gasteiger partial charge in [-0.1, -0.05) is 32.4 Å². The average Bonchev–Trinajstić information content (AvgIpc) is 3.44. The van der Waals surface area contributed by atoms with Crippen molar-refractivity contribution in [3.8, 4) is 28.7 Å². The maximum atomic E-state index is 10.1. The topological polar surface area (TPSA) is 78.9 Å². The molecule has 0 aliphatic carbocycles. The number of methoxy groups -OCH3 is 4. The van der Waals surface area contributed by atoms with Gasteiger partial charge in [-0.3, -0.25) is 10.3 Å². The lowest BCUT2D eigenvalue weighted by Gasteiger charge is -2.19. The Morgan fingerprint density at radius 2 is 1.55 bits per heavy atom. The fourth-order valence-corrected chi connectivity index (χ4v) is 4.67. The molecule has 1 aliphatic heterocycles. The van der Waals surface area contributed by atoms with Gasteiger partial charge in [-0.05, 0) is 55.0 Å². The Morgan fingerprint density at radius 1 is 0.895 bits per heavy atom. The summed E-state index contributed by atoms with van der Waals surface area (Å²) < 4.78 is 34.7. The summed E-state index contributed by atoms with van der Waals surface area (Å²) in [6.45, 7) is 5.97. The zero-order valence-corrected chi connectivity index (χ0v) is 23.6. The minimum atomic E-state index is -0.111. The summed E-state index contributed by atoms with van der Waals surface area (Å²) >= 11 is 0. The highest BCUT2D eigenvalue weighted by molar-refractivity contribution is 5.55. The molecule has 210 valence electrons. The van der Waals surface area contributed by atoms with E-state index < -0.39 is 0 Å². The average molecular weight is 530 g/mol. The molecule has 2 aromatic rings. The minimum Gasteiger partial charge on any atom is -0.493 e. The molecule has 0 bridgehead atoms. The van der Waals surface area contributed by atoms with Gasteiger partial charge in [0.25, 0.3) is 0 Å². The number of ether oxygens (including phenoxy) is 6. The summed E-state index contributed by atoms with van der Waals surface area (Å²) in [6, 6.07) is 8.14. The fraction of sp³-hybridized carbons (Fsp3) is 0.533. The molecule has 0 spiro atoms. The van der Waals surface area contributed by atoms with Crippen molar-refractivity contribution < 1.29 is 33.6 Å². The van der Waals surface area contributed by atoms with E-state index in [1.54, 1.807) is 34.6 Å². The number of hydroxylamine groups is 2. The molecule has 1 heterocycles. The van der Waals surface area contributed by atoms with Crippen molar-refractivity contribution in [1.29, 1.82) is 0 Å². The fourth-order valence-electron chi connectivity index (χ4n) is 4.67. The Labute approximate surface area is 227 Å². The minimum absolute atomic E-state index is 0.111. The zero-order valence-electron chi connectivity index (χ0n) is 23.6. The third-order valence-corrected chi connectivity index (χ3v) is 6.71. The van der Waals surface area contributed by atoms with E-state index >= 15 is 0 Å². The molecule has 3 rings (SSSR count). The van der Waals surface area contributed by atoms with E-state index in [4.69, 9.17) is 28.4 Å². The van der Waals surface area contributed by atoms with E-state index in [0.29, 0.717) is 49.2 Å². The Morgan fingerprint density at radius 3 is 2.16 bits per heavy atom. The predicted octanol–water partition coefficient (Wildman–Crippen LogP) is 6.30. The van der Waals surface area contributed by atoms with Crippen molar-refractivity contribution in [2.24, 2.45) is 0 Å². The van der Waals surface area contributed by atoms with Gasteiger partial charge in [0.05, 0.1) is 47.8 Å². The Kier molecular flexibility index (Phi) is 11.4. The highest BCUT2D eigenvalue weighted by atomic mass is 16.5. The molecule has 1 N–H and O–H groups in total. The molecule has 8 nitrogen and oxygen atoms in total. The van der Waals surface area contributed by atoms with E-state index in [9.17, 15) is 5.21 Å². The number of hydrogen-bond donors (Lipinski definition) is 1. The van der Waals surface area contributed by atoms with E-state index in [0.717, 1.165) is 48.1 Å². The summed E-state index contributed by atoms with van der Waals surface area (Å²) in [7, 11) is 6.49. The lowest BCUT2D eigenvalue weighted by atomic mass is 9.91. The van der Waals surface area contributed by atoms with Crippen LogP contribution in [-0.4, -0.2) is 58.5 Å². The first-order valence-corrected chi connectivity index (χ1v) is 13.4. The van der Waals surface area contributed by atoms with Crippen molar-refractivity contribution in [3.05, 3.63) is 53.2 Å². The van der Waals surface area contributed by atoms with Gasteiger partial charge in [-0.25, -0.2) is 0 Å². The van der Waals surface area contributed by atoms with E-state index in [1.807, 2.05) is 18.2 Å². The van der Waals surface area contributed by atoms with E-state index in [2.05, 4.69) is 26.0 Å². The Hall–Kier alpha value is -3.10. The molecule has 0 saturated carbocycles. The first-order chi connectivity index (χ1) is 18.5. The second-order valence-electron chi connectivity index (χ2n) is 9.38. The summed E-state index contributed by atoms with van der Waals surface area (Å²) in [5.74, 6) is 3.42. The van der Waals surface area contributed by atoms with Crippen LogP contribution in [0.4, 0.5) is 0 Å². The van der Waals surface area contributed by atoms with Crippen LogP contribution in [0.25, 0.3) is 0 Å². The quantitative estimate of drug-likeness (QED) is 0.269. The first kappa shape index (κ1) is 29.5. The van der Waals surface area contributed by atoms with Crippen LogP contribution in [0.3, 0.4) is 0 Å². The molecule has 0 amide bonds. The van der Waals surface area contributed by atoms with Crippen molar-refractivity contribution in [3.63, 3.8) is 0 Å². The number of allylic oxidation sites excluding steroid dienone is 1. The van der Waals surface area contributed by atoms with Gasteiger partial charge in [-0.2, -0.15) is 0 Å². The molecule has 8 heteroatoms. The molecule has 1 saturated heterocycles. The third kappa shape index (κ3) is 7.26. The summed E-state index contributed by atoms with van der Waals surface area (Å²) in [5, 5.41) is 11.3. The van der Waals surface area contributed by atoms with Gasteiger partial charge in [0.2, 0.25) is 5.75 Å². The highest BCUT2D eigenvalue weighted by Crippen LogP contribution is 2.46. The molecule has 2 aromatic carbocycles. The number of hydrogen-bond acceptors (Lipinski definition) is 8. The van der Waals surface area contributed by atoms with Crippen LogP contribution in [0.15, 0.2) is 36.5 Å². The van der Waals surface area contributed by atoms with Crippen LogP contribution >= 0.6 is 0 Å². The molecule has 2 atom stereocenters. The van der Waals surface area contributed by atoms with Crippen LogP contribution in [0.1, 0.15) is 68.2 Å². The maximum Gasteiger partial charge on any atom is 0.203 e. The number of nitrogens with zero attached hydrogens (tertiary/aromatic N) is 1. The monoisotopic (exact) mass is 529 g/mol. The van der Waals surface area contributed by atoms with Gasteiger partial charge < -0.3 is 28.4 Å². The van der Waals surface area contributed by atoms with Crippen molar-refractivity contribution in [2.75, 3.05) is 48.2 Å². The lowest BCUT2D eigenvalue weighted by molar-refractivity contribution is -0.0416. The smallest absolute Gasteiger partial charge is 0.203 e. The molecule has 2 unspecified atom stereocenters. The standard InChI is InChI=1S/C30H43NO7/c1-7-9-12-31(32)13-10-11-21-15-22(16-26(33-3)29(21)37-14-8-2)24-19-25(38-20-24)23-17-27(34-4)30(36-6)28(18-23)35-5/h10,13,15-18,24-25,32H,7-9,11-12,14,19-20H2,1-6H3. The van der Waals surface area contributed by atoms with Crippen molar-refractivity contribution in [1.82, 2.24) is 5.06 Å². The molecule has 38 heavy (non-hydrogen) atoms. The molecular formula is C30H43NO7. The van der Waals surface area contributed by atoms with Crippen molar-refractivity contribution >= 4 is 0 Å². The molecule has 0 aromatic heterocycles. The van der Waals surface area contributed by atoms with Gasteiger partial charge in [0.1, 0.15) is 0 Å². The van der Waals surface area contributed by atoms with Gasteiger partial charge >= 0.3 is 0 Å². The van der Waals surface area contributed by atoms with E-state index in [-0.39, 0.29) is 12.0 Å². The molecular weight excluding hydrogens is 486 g/mol. The third-order valence-electron chi connectivity index (χ3n) is 6.71. The predicted molar refractivity (Wildman–Crippen MR) is 147 cm³/mol. The van der Waals surface area contributed by atoms with Crippen LogP contribution < -0.4 is 23.7 Å². The van der Waals surface area contributed by atoms with Gasteiger partial charge in [-0.15, -0.1) is 0 Å². The zero-order chi connectivity index (χ0) is 27.5. The van der Waals surface area contributed by atoms with E-state index in [1.165, 1.54) is 5.06 Å². The Bertz CT molecular complexity index is 1030. The number of rotatable bonds is 15. The normalized spacial score (nSPS) is 17.0.